The Morgan fingerprint density at radius 1 is 1.10 bits per heavy atom. The predicted molar refractivity (Wildman–Crippen MR) is 77.9 cm³/mol. The molecule has 3 aromatic rings. The van der Waals surface area contributed by atoms with Crippen LogP contribution in [0.5, 0.6) is 0 Å². The van der Waals surface area contributed by atoms with Gasteiger partial charge in [-0.15, -0.1) is 0 Å². The van der Waals surface area contributed by atoms with Crippen LogP contribution in [0.3, 0.4) is 0 Å². The Morgan fingerprint density at radius 3 is 2.70 bits per heavy atom. The fraction of sp³-hybridized carbons (Fsp3) is 0.267. The van der Waals surface area contributed by atoms with Crippen LogP contribution >= 0.6 is 0 Å². The summed E-state index contributed by atoms with van der Waals surface area (Å²) in [5.41, 5.74) is 1.85. The molecule has 1 aliphatic carbocycles. The largest absolute Gasteiger partial charge is 0.367 e. The molecule has 0 bridgehead atoms. The van der Waals surface area contributed by atoms with E-state index in [9.17, 15) is 0 Å². The number of rotatable bonds is 3. The number of fused-ring (bicyclic) bond motifs is 1. The van der Waals surface area contributed by atoms with Crippen molar-refractivity contribution >= 4 is 16.9 Å². The van der Waals surface area contributed by atoms with E-state index < -0.39 is 0 Å². The van der Waals surface area contributed by atoms with E-state index in [4.69, 9.17) is 0 Å². The summed E-state index contributed by atoms with van der Waals surface area (Å²) < 4.78 is 1.85. The zero-order chi connectivity index (χ0) is 13.4. The van der Waals surface area contributed by atoms with E-state index in [2.05, 4.69) is 20.4 Å². The van der Waals surface area contributed by atoms with Crippen molar-refractivity contribution in [2.75, 3.05) is 5.32 Å². The SMILES string of the molecule is c1ccc(-n2ncc3c(NC4CCC4)ncnc32)cc1. The number of hydrogen-bond acceptors (Lipinski definition) is 4. The highest BCUT2D eigenvalue weighted by atomic mass is 15.3. The van der Waals surface area contributed by atoms with Gasteiger partial charge in [-0.3, -0.25) is 0 Å². The minimum absolute atomic E-state index is 0.549. The molecule has 0 unspecified atom stereocenters. The highest BCUT2D eigenvalue weighted by Crippen LogP contribution is 2.26. The molecule has 5 nitrogen and oxygen atoms in total. The van der Waals surface area contributed by atoms with Crippen molar-refractivity contribution in [1.29, 1.82) is 0 Å². The smallest absolute Gasteiger partial charge is 0.168 e. The van der Waals surface area contributed by atoms with Gasteiger partial charge in [-0.25, -0.2) is 14.6 Å². The molecule has 2 heterocycles. The Kier molecular flexibility index (Phi) is 2.62. The average Bonchev–Trinajstić information content (AvgIpc) is 2.88. The van der Waals surface area contributed by atoms with Gasteiger partial charge >= 0.3 is 0 Å². The maximum Gasteiger partial charge on any atom is 0.168 e. The van der Waals surface area contributed by atoms with Crippen molar-refractivity contribution in [3.63, 3.8) is 0 Å². The summed E-state index contributed by atoms with van der Waals surface area (Å²) in [5.74, 6) is 0.891. The van der Waals surface area contributed by atoms with Gasteiger partial charge in [0.25, 0.3) is 0 Å². The van der Waals surface area contributed by atoms with E-state index in [0.29, 0.717) is 6.04 Å². The summed E-state index contributed by atoms with van der Waals surface area (Å²) in [4.78, 5) is 8.74. The topological polar surface area (TPSA) is 55.6 Å². The second kappa shape index (κ2) is 4.59. The first kappa shape index (κ1) is 11.4. The van der Waals surface area contributed by atoms with Gasteiger partial charge in [-0.1, -0.05) is 18.2 Å². The van der Waals surface area contributed by atoms with Crippen molar-refractivity contribution in [2.24, 2.45) is 0 Å². The summed E-state index contributed by atoms with van der Waals surface area (Å²) in [6.07, 6.45) is 7.18. The van der Waals surface area contributed by atoms with E-state index in [1.54, 1.807) is 6.33 Å². The van der Waals surface area contributed by atoms with Gasteiger partial charge in [-0.05, 0) is 31.4 Å². The second-order valence-electron chi connectivity index (χ2n) is 5.12. The molecule has 0 spiro atoms. The third-order valence-electron chi connectivity index (χ3n) is 3.81. The molecule has 1 N–H and O–H groups in total. The lowest BCUT2D eigenvalue weighted by Gasteiger charge is -2.26. The summed E-state index contributed by atoms with van der Waals surface area (Å²) in [7, 11) is 0. The molecule has 0 amide bonds. The number of anilines is 1. The summed E-state index contributed by atoms with van der Waals surface area (Å²) in [6.45, 7) is 0. The Bertz CT molecular complexity index is 730. The van der Waals surface area contributed by atoms with Crippen LogP contribution in [0.15, 0.2) is 42.9 Å². The zero-order valence-electron chi connectivity index (χ0n) is 11.0. The van der Waals surface area contributed by atoms with Crippen molar-refractivity contribution in [3.8, 4) is 5.69 Å². The highest BCUT2D eigenvalue weighted by Gasteiger charge is 2.19. The maximum atomic E-state index is 4.45. The molecule has 20 heavy (non-hydrogen) atoms. The molecule has 4 rings (SSSR count). The van der Waals surface area contributed by atoms with Crippen molar-refractivity contribution in [2.45, 2.75) is 25.3 Å². The quantitative estimate of drug-likeness (QED) is 0.791. The van der Waals surface area contributed by atoms with Crippen LogP contribution in [0.1, 0.15) is 19.3 Å². The van der Waals surface area contributed by atoms with Crippen LogP contribution in [0.25, 0.3) is 16.7 Å². The second-order valence-corrected chi connectivity index (χ2v) is 5.12. The molecule has 0 saturated heterocycles. The van der Waals surface area contributed by atoms with Crippen LogP contribution in [0.4, 0.5) is 5.82 Å². The van der Waals surface area contributed by atoms with Gasteiger partial charge in [0, 0.05) is 6.04 Å². The number of hydrogen-bond donors (Lipinski definition) is 1. The minimum Gasteiger partial charge on any atom is -0.367 e. The zero-order valence-corrected chi connectivity index (χ0v) is 11.0. The van der Waals surface area contributed by atoms with E-state index in [-0.39, 0.29) is 0 Å². The predicted octanol–water partition coefficient (Wildman–Crippen LogP) is 2.78. The van der Waals surface area contributed by atoms with Crippen LogP contribution in [0.2, 0.25) is 0 Å². The molecule has 1 saturated carbocycles. The summed E-state index contributed by atoms with van der Waals surface area (Å²) in [5, 5.41) is 8.91. The molecule has 1 aliphatic rings. The van der Waals surface area contributed by atoms with Crippen LogP contribution in [-0.2, 0) is 0 Å². The summed E-state index contributed by atoms with van der Waals surface area (Å²) in [6, 6.07) is 10.6. The molecule has 2 aromatic heterocycles. The monoisotopic (exact) mass is 265 g/mol. The van der Waals surface area contributed by atoms with E-state index in [1.165, 1.54) is 19.3 Å². The Hall–Kier alpha value is -2.43. The lowest BCUT2D eigenvalue weighted by atomic mass is 9.93. The van der Waals surface area contributed by atoms with Gasteiger partial charge in [0.2, 0.25) is 0 Å². The molecule has 1 fully saturated rings. The fourth-order valence-corrected chi connectivity index (χ4v) is 2.46. The molecule has 5 heteroatoms. The molecular formula is C15H15N5. The maximum absolute atomic E-state index is 4.45. The van der Waals surface area contributed by atoms with Gasteiger partial charge < -0.3 is 5.32 Å². The lowest BCUT2D eigenvalue weighted by molar-refractivity contribution is 0.445. The standard InChI is InChI=1S/C15H15N5/c1-2-7-12(8-3-1)20-15-13(9-18-20)14(16-10-17-15)19-11-5-4-6-11/h1-3,7-11H,4-6H2,(H,16,17,19). The van der Waals surface area contributed by atoms with Crippen molar-refractivity contribution in [3.05, 3.63) is 42.9 Å². The van der Waals surface area contributed by atoms with Crippen LogP contribution in [0, 0.1) is 0 Å². The Morgan fingerprint density at radius 2 is 1.95 bits per heavy atom. The molecule has 1 aromatic carbocycles. The van der Waals surface area contributed by atoms with E-state index in [1.807, 2.05) is 41.2 Å². The van der Waals surface area contributed by atoms with Gasteiger partial charge in [0.05, 0.1) is 17.3 Å². The number of nitrogens with one attached hydrogen (secondary N) is 1. The first-order chi connectivity index (χ1) is 9.92. The first-order valence-corrected chi connectivity index (χ1v) is 6.92. The molecule has 0 atom stereocenters. The van der Waals surface area contributed by atoms with Gasteiger partial charge in [0.1, 0.15) is 12.1 Å². The lowest BCUT2D eigenvalue weighted by Crippen LogP contribution is -2.27. The minimum atomic E-state index is 0.549. The molecular weight excluding hydrogens is 250 g/mol. The Labute approximate surface area is 116 Å². The number of benzene rings is 1. The average molecular weight is 265 g/mol. The van der Waals surface area contributed by atoms with Gasteiger partial charge in [0.15, 0.2) is 5.65 Å². The van der Waals surface area contributed by atoms with Crippen molar-refractivity contribution < 1.29 is 0 Å². The third-order valence-corrected chi connectivity index (χ3v) is 3.81. The third kappa shape index (κ3) is 1.82. The normalized spacial score (nSPS) is 15.2. The van der Waals surface area contributed by atoms with Crippen molar-refractivity contribution in [1.82, 2.24) is 19.7 Å². The van der Waals surface area contributed by atoms with E-state index >= 15 is 0 Å². The number of para-hydroxylation sites is 1. The van der Waals surface area contributed by atoms with E-state index in [0.717, 1.165) is 22.5 Å². The fourth-order valence-electron chi connectivity index (χ4n) is 2.46. The van der Waals surface area contributed by atoms with Crippen LogP contribution in [-0.4, -0.2) is 25.8 Å². The molecule has 0 radical (unpaired) electrons. The van der Waals surface area contributed by atoms with Gasteiger partial charge in [-0.2, -0.15) is 5.10 Å². The molecule has 0 aliphatic heterocycles. The van der Waals surface area contributed by atoms with Crippen LogP contribution < -0.4 is 5.32 Å². The number of aromatic nitrogens is 4. The number of nitrogens with zero attached hydrogens (tertiary/aromatic N) is 4. The first-order valence-electron chi connectivity index (χ1n) is 6.92. The Balaban J connectivity index is 1.79. The molecule has 100 valence electrons. The highest BCUT2D eigenvalue weighted by molar-refractivity contribution is 5.87. The summed E-state index contributed by atoms with van der Waals surface area (Å²) >= 11 is 0.